The summed E-state index contributed by atoms with van der Waals surface area (Å²) in [6.07, 6.45) is 3.76. The average Bonchev–Trinajstić information content (AvgIpc) is 2.90. The van der Waals surface area contributed by atoms with Crippen molar-refractivity contribution in [2.45, 2.75) is 38.6 Å². The van der Waals surface area contributed by atoms with Crippen LogP contribution >= 0.6 is 11.3 Å². The van der Waals surface area contributed by atoms with Crippen LogP contribution in [-0.4, -0.2) is 30.0 Å². The number of aromatic nitrogens is 1. The molecular weight excluding hydrogens is 234 g/mol. The van der Waals surface area contributed by atoms with Crippen LogP contribution in [0.3, 0.4) is 0 Å². The highest BCUT2D eigenvalue weighted by atomic mass is 32.1. The first-order valence-electron chi connectivity index (χ1n) is 6.15. The molecule has 1 saturated heterocycles. The van der Waals surface area contributed by atoms with Gasteiger partial charge in [-0.05, 0) is 26.3 Å². The Kier molecular flexibility index (Phi) is 4.50. The highest BCUT2D eigenvalue weighted by Gasteiger charge is 2.17. The van der Waals surface area contributed by atoms with E-state index in [0.29, 0.717) is 19.0 Å². The van der Waals surface area contributed by atoms with Crippen molar-refractivity contribution in [3.63, 3.8) is 0 Å². The molecule has 2 heterocycles. The quantitative estimate of drug-likeness (QED) is 0.830. The first-order valence-corrected chi connectivity index (χ1v) is 7.03. The number of hydrogen-bond donors (Lipinski definition) is 2. The van der Waals surface area contributed by atoms with Crippen molar-refractivity contribution in [1.82, 2.24) is 15.6 Å². The highest BCUT2D eigenvalue weighted by molar-refractivity contribution is 7.09. The van der Waals surface area contributed by atoms with Crippen LogP contribution in [0.2, 0.25) is 0 Å². The van der Waals surface area contributed by atoms with E-state index in [4.69, 9.17) is 0 Å². The Morgan fingerprint density at radius 1 is 1.71 bits per heavy atom. The first-order chi connectivity index (χ1) is 8.24. The molecule has 0 bridgehead atoms. The molecule has 94 valence electrons. The maximum absolute atomic E-state index is 11.6. The van der Waals surface area contributed by atoms with Gasteiger partial charge in [0.1, 0.15) is 0 Å². The second-order valence-corrected chi connectivity index (χ2v) is 5.42. The maximum atomic E-state index is 11.6. The molecule has 0 spiro atoms. The van der Waals surface area contributed by atoms with Gasteiger partial charge >= 0.3 is 0 Å². The zero-order valence-electron chi connectivity index (χ0n) is 10.2. The summed E-state index contributed by atoms with van der Waals surface area (Å²) in [5, 5.41) is 9.42. The summed E-state index contributed by atoms with van der Waals surface area (Å²) in [6, 6.07) is 0.386. The van der Waals surface area contributed by atoms with Crippen LogP contribution in [0.4, 0.5) is 0 Å². The number of carbonyl (C=O) groups excluding carboxylic acids is 1. The van der Waals surface area contributed by atoms with Crippen LogP contribution in [-0.2, 0) is 11.2 Å². The summed E-state index contributed by atoms with van der Waals surface area (Å²) in [6.45, 7) is 3.74. The van der Waals surface area contributed by atoms with E-state index >= 15 is 0 Å². The normalized spacial score (nSPS) is 19.5. The van der Waals surface area contributed by atoms with E-state index < -0.39 is 0 Å². The third-order valence-corrected chi connectivity index (χ3v) is 3.95. The van der Waals surface area contributed by atoms with Crippen LogP contribution in [0.15, 0.2) is 5.38 Å². The molecule has 2 rings (SSSR count). The predicted molar refractivity (Wildman–Crippen MR) is 69.2 cm³/mol. The van der Waals surface area contributed by atoms with E-state index in [2.05, 4.69) is 15.6 Å². The number of nitrogens with zero attached hydrogens (tertiary/aromatic N) is 1. The minimum atomic E-state index is 0.151. The van der Waals surface area contributed by atoms with Crippen molar-refractivity contribution < 1.29 is 4.79 Å². The average molecular weight is 253 g/mol. The Balaban J connectivity index is 1.62. The molecule has 0 saturated carbocycles. The van der Waals surface area contributed by atoms with E-state index in [1.54, 1.807) is 11.3 Å². The second-order valence-electron chi connectivity index (χ2n) is 4.48. The Morgan fingerprint density at radius 3 is 3.24 bits per heavy atom. The van der Waals surface area contributed by atoms with Crippen molar-refractivity contribution in [2.24, 2.45) is 0 Å². The summed E-state index contributed by atoms with van der Waals surface area (Å²) in [4.78, 5) is 16.0. The molecule has 1 aliphatic heterocycles. The number of aryl methyl sites for hydroxylation is 1. The summed E-state index contributed by atoms with van der Waals surface area (Å²) < 4.78 is 0. The van der Waals surface area contributed by atoms with E-state index in [1.807, 2.05) is 12.3 Å². The number of rotatable bonds is 5. The molecule has 1 atom stereocenters. The van der Waals surface area contributed by atoms with Crippen LogP contribution in [0.25, 0.3) is 0 Å². The predicted octanol–water partition coefficient (Wildman–Crippen LogP) is 1.25. The first kappa shape index (κ1) is 12.5. The molecule has 5 heteroatoms. The van der Waals surface area contributed by atoms with Crippen LogP contribution in [0, 0.1) is 6.92 Å². The fourth-order valence-corrected chi connectivity index (χ4v) is 2.83. The maximum Gasteiger partial charge on any atom is 0.221 e. The highest BCUT2D eigenvalue weighted by Crippen LogP contribution is 2.09. The van der Waals surface area contributed by atoms with Gasteiger partial charge in [0.2, 0.25) is 5.91 Å². The van der Waals surface area contributed by atoms with Gasteiger partial charge in [-0.2, -0.15) is 0 Å². The van der Waals surface area contributed by atoms with Gasteiger partial charge in [-0.3, -0.25) is 4.79 Å². The SMILES string of the molecule is Cc1csc(CCNC(=O)CC2CCCN2)n1. The molecule has 1 aliphatic rings. The van der Waals surface area contributed by atoms with Crippen molar-refractivity contribution >= 4 is 17.2 Å². The number of amides is 1. The number of nitrogens with one attached hydrogen (secondary N) is 2. The molecule has 17 heavy (non-hydrogen) atoms. The van der Waals surface area contributed by atoms with Crippen LogP contribution < -0.4 is 10.6 Å². The number of carbonyl (C=O) groups is 1. The van der Waals surface area contributed by atoms with Crippen molar-refractivity contribution in [1.29, 1.82) is 0 Å². The fourth-order valence-electron chi connectivity index (χ4n) is 2.05. The Hall–Kier alpha value is -0.940. The largest absolute Gasteiger partial charge is 0.356 e. The van der Waals surface area contributed by atoms with Crippen molar-refractivity contribution in [3.05, 3.63) is 16.1 Å². The van der Waals surface area contributed by atoms with E-state index in [-0.39, 0.29) is 5.91 Å². The monoisotopic (exact) mass is 253 g/mol. The van der Waals surface area contributed by atoms with Gasteiger partial charge in [-0.25, -0.2) is 4.98 Å². The molecule has 1 amide bonds. The van der Waals surface area contributed by atoms with Gasteiger partial charge in [-0.15, -0.1) is 11.3 Å². The van der Waals surface area contributed by atoms with Crippen molar-refractivity contribution in [3.8, 4) is 0 Å². The number of thiazole rings is 1. The topological polar surface area (TPSA) is 54.0 Å². The fraction of sp³-hybridized carbons (Fsp3) is 0.667. The minimum absolute atomic E-state index is 0.151. The molecule has 0 aliphatic carbocycles. The second kappa shape index (κ2) is 6.12. The molecule has 1 fully saturated rings. The summed E-state index contributed by atoms with van der Waals surface area (Å²) in [5.41, 5.74) is 1.06. The summed E-state index contributed by atoms with van der Waals surface area (Å²) in [7, 11) is 0. The molecular formula is C12H19N3OS. The third kappa shape index (κ3) is 4.09. The smallest absolute Gasteiger partial charge is 0.221 e. The standard InChI is InChI=1S/C12H19N3OS/c1-9-8-17-12(15-9)4-6-14-11(16)7-10-3-2-5-13-10/h8,10,13H,2-7H2,1H3,(H,14,16). The van der Waals surface area contributed by atoms with Crippen LogP contribution in [0.1, 0.15) is 30.0 Å². The molecule has 0 aromatic carbocycles. The van der Waals surface area contributed by atoms with Crippen LogP contribution in [0.5, 0.6) is 0 Å². The van der Waals surface area contributed by atoms with Gasteiger partial charge in [0.15, 0.2) is 0 Å². The van der Waals surface area contributed by atoms with Gasteiger partial charge < -0.3 is 10.6 Å². The minimum Gasteiger partial charge on any atom is -0.356 e. The molecule has 0 radical (unpaired) electrons. The summed E-state index contributed by atoms with van der Waals surface area (Å²) in [5.74, 6) is 0.151. The zero-order chi connectivity index (χ0) is 12.1. The van der Waals surface area contributed by atoms with E-state index in [1.165, 1.54) is 6.42 Å². The van der Waals surface area contributed by atoms with Gasteiger partial charge in [0.25, 0.3) is 0 Å². The lowest BCUT2D eigenvalue weighted by atomic mass is 10.1. The molecule has 2 N–H and O–H groups in total. The molecule has 1 aromatic heterocycles. The Bertz CT molecular complexity index is 372. The summed E-state index contributed by atoms with van der Waals surface area (Å²) >= 11 is 1.66. The zero-order valence-corrected chi connectivity index (χ0v) is 11.0. The molecule has 1 unspecified atom stereocenters. The lowest BCUT2D eigenvalue weighted by Crippen LogP contribution is -2.32. The van der Waals surface area contributed by atoms with Gasteiger partial charge in [0.05, 0.1) is 5.01 Å². The van der Waals surface area contributed by atoms with Gasteiger partial charge in [0, 0.05) is 36.5 Å². The Morgan fingerprint density at radius 2 is 2.59 bits per heavy atom. The molecule has 4 nitrogen and oxygen atoms in total. The third-order valence-electron chi connectivity index (χ3n) is 2.92. The lowest BCUT2D eigenvalue weighted by Gasteiger charge is -2.09. The lowest BCUT2D eigenvalue weighted by molar-refractivity contribution is -0.121. The van der Waals surface area contributed by atoms with E-state index in [9.17, 15) is 4.79 Å². The number of hydrogen-bond acceptors (Lipinski definition) is 4. The van der Waals surface area contributed by atoms with E-state index in [0.717, 1.165) is 30.1 Å². The molecule has 1 aromatic rings. The van der Waals surface area contributed by atoms with Gasteiger partial charge in [-0.1, -0.05) is 0 Å². The Labute approximate surface area is 106 Å². The van der Waals surface area contributed by atoms with Crippen molar-refractivity contribution in [2.75, 3.05) is 13.1 Å².